The molecule has 1 fully saturated rings. The van der Waals surface area contributed by atoms with E-state index in [1.54, 1.807) is 24.3 Å². The van der Waals surface area contributed by atoms with Gasteiger partial charge in [0.1, 0.15) is 29.1 Å². The summed E-state index contributed by atoms with van der Waals surface area (Å²) in [6.07, 6.45) is 0.00710. The zero-order valence-electron chi connectivity index (χ0n) is 14.9. The van der Waals surface area contributed by atoms with Gasteiger partial charge in [-0.2, -0.15) is 0 Å². The molecule has 3 rings (SSSR count). The third-order valence-electron chi connectivity index (χ3n) is 4.69. The Bertz CT molecular complexity index is 856. The number of nitrogens with zero attached hydrogens (tertiary/aromatic N) is 1. The van der Waals surface area contributed by atoms with Gasteiger partial charge >= 0.3 is 0 Å². The molecule has 0 saturated carbocycles. The van der Waals surface area contributed by atoms with E-state index >= 15 is 0 Å². The molecule has 2 atom stereocenters. The highest BCUT2D eigenvalue weighted by atomic mass is 35.5. The van der Waals surface area contributed by atoms with Crippen molar-refractivity contribution in [3.05, 3.63) is 64.7 Å². The van der Waals surface area contributed by atoms with Crippen LogP contribution in [0.15, 0.2) is 42.5 Å². The quantitative estimate of drug-likeness (QED) is 0.824. The number of primary amides is 1. The predicted molar refractivity (Wildman–Crippen MR) is 100 cm³/mol. The van der Waals surface area contributed by atoms with Gasteiger partial charge in [0.2, 0.25) is 5.91 Å². The smallest absolute Gasteiger partial charge is 0.259 e. The highest BCUT2D eigenvalue weighted by Crippen LogP contribution is 2.28. The van der Waals surface area contributed by atoms with Gasteiger partial charge in [0.25, 0.3) is 5.91 Å². The van der Waals surface area contributed by atoms with Gasteiger partial charge in [-0.1, -0.05) is 17.7 Å². The summed E-state index contributed by atoms with van der Waals surface area (Å²) in [5.74, 6) is -2.97. The number of carbonyl (C=O) groups excluding carboxylic acids is 2. The molecule has 2 aromatic carbocycles. The van der Waals surface area contributed by atoms with Crippen molar-refractivity contribution in [3.63, 3.8) is 0 Å². The Kier molecular flexibility index (Phi) is 6.14. The lowest BCUT2D eigenvalue weighted by molar-refractivity contribution is -0.120. The summed E-state index contributed by atoms with van der Waals surface area (Å²) in [4.78, 5) is 25.5. The fourth-order valence-electron chi connectivity index (χ4n) is 3.35. The third kappa shape index (κ3) is 4.59. The Morgan fingerprint density at radius 1 is 1.14 bits per heavy atom. The normalized spacial score (nSPS) is 19.3. The van der Waals surface area contributed by atoms with Crippen molar-refractivity contribution in [1.29, 1.82) is 0 Å². The number of nitrogens with two attached hydrogens (primary N) is 1. The molecule has 0 bridgehead atoms. The average molecular weight is 409 g/mol. The van der Waals surface area contributed by atoms with Gasteiger partial charge in [-0.05, 0) is 36.4 Å². The van der Waals surface area contributed by atoms with Gasteiger partial charge < -0.3 is 15.4 Å². The monoisotopic (exact) mass is 408 g/mol. The van der Waals surface area contributed by atoms with Gasteiger partial charge in [0.05, 0.1) is 0 Å². The second-order valence-corrected chi connectivity index (χ2v) is 7.11. The molecule has 1 aliphatic heterocycles. The number of amides is 2. The van der Waals surface area contributed by atoms with E-state index in [2.05, 4.69) is 0 Å². The maximum absolute atomic E-state index is 14.0. The zero-order valence-corrected chi connectivity index (χ0v) is 15.7. The number of benzene rings is 2. The molecule has 0 unspecified atom stereocenters. The van der Waals surface area contributed by atoms with E-state index < -0.39 is 34.9 Å². The Morgan fingerprint density at radius 2 is 1.79 bits per heavy atom. The third-order valence-corrected chi connectivity index (χ3v) is 4.94. The number of halogens is 3. The van der Waals surface area contributed by atoms with Gasteiger partial charge in [0.15, 0.2) is 0 Å². The molecule has 1 heterocycles. The molecule has 1 aliphatic rings. The second kappa shape index (κ2) is 8.56. The topological polar surface area (TPSA) is 72.6 Å². The van der Waals surface area contributed by atoms with Gasteiger partial charge in [-0.15, -0.1) is 0 Å². The number of piperidine rings is 1. The molecular weight excluding hydrogens is 390 g/mol. The molecule has 0 aliphatic carbocycles. The SMILES string of the molecule is NC(=O)C[C@H]1CN(C(=O)c2c(F)cccc2F)CC[C@@H]1Oc1ccc(Cl)cc1. The van der Waals surface area contributed by atoms with E-state index in [0.717, 1.165) is 12.1 Å². The fourth-order valence-corrected chi connectivity index (χ4v) is 3.48. The van der Waals surface area contributed by atoms with Gasteiger partial charge in [-0.3, -0.25) is 9.59 Å². The molecule has 2 N–H and O–H groups in total. The van der Waals surface area contributed by atoms with Crippen molar-refractivity contribution in [2.24, 2.45) is 11.7 Å². The Hall–Kier alpha value is -2.67. The van der Waals surface area contributed by atoms with Crippen LogP contribution in [0, 0.1) is 17.6 Å². The predicted octanol–water partition coefficient (Wildman–Crippen LogP) is 3.40. The van der Waals surface area contributed by atoms with E-state index in [0.29, 0.717) is 17.2 Å². The molecule has 148 valence electrons. The van der Waals surface area contributed by atoms with Crippen molar-refractivity contribution in [1.82, 2.24) is 4.90 Å². The van der Waals surface area contributed by atoms with E-state index in [4.69, 9.17) is 22.1 Å². The first-order valence-corrected chi connectivity index (χ1v) is 9.16. The van der Waals surface area contributed by atoms with Crippen LogP contribution in [-0.4, -0.2) is 35.9 Å². The molecule has 0 radical (unpaired) electrons. The van der Waals surface area contributed by atoms with Crippen LogP contribution in [0.5, 0.6) is 5.75 Å². The Labute approximate surface area is 166 Å². The number of hydrogen-bond acceptors (Lipinski definition) is 3. The minimum absolute atomic E-state index is 0.0121. The van der Waals surface area contributed by atoms with Crippen molar-refractivity contribution in [3.8, 4) is 5.75 Å². The van der Waals surface area contributed by atoms with Crippen LogP contribution < -0.4 is 10.5 Å². The van der Waals surface area contributed by atoms with Crippen LogP contribution in [-0.2, 0) is 4.79 Å². The fraction of sp³-hybridized carbons (Fsp3) is 0.300. The molecule has 1 saturated heterocycles. The molecule has 28 heavy (non-hydrogen) atoms. The molecular formula is C20H19ClF2N2O3. The van der Waals surface area contributed by atoms with Crippen LogP contribution in [0.3, 0.4) is 0 Å². The highest BCUT2D eigenvalue weighted by molar-refractivity contribution is 6.30. The van der Waals surface area contributed by atoms with Crippen LogP contribution in [0.1, 0.15) is 23.2 Å². The molecule has 8 heteroatoms. The van der Waals surface area contributed by atoms with E-state index in [9.17, 15) is 18.4 Å². The van der Waals surface area contributed by atoms with Crippen molar-refractivity contribution in [2.45, 2.75) is 18.9 Å². The lowest BCUT2D eigenvalue weighted by Crippen LogP contribution is -2.49. The maximum Gasteiger partial charge on any atom is 0.259 e. The summed E-state index contributed by atoms with van der Waals surface area (Å²) in [5, 5.41) is 0.563. The molecule has 0 aromatic heterocycles. The lowest BCUT2D eigenvalue weighted by atomic mass is 9.90. The summed E-state index contributed by atoms with van der Waals surface area (Å²) in [6.45, 7) is 0.341. The van der Waals surface area contributed by atoms with Crippen LogP contribution in [0.2, 0.25) is 5.02 Å². The van der Waals surface area contributed by atoms with Crippen molar-refractivity contribution < 1.29 is 23.1 Å². The largest absolute Gasteiger partial charge is 0.490 e. The van der Waals surface area contributed by atoms with E-state index in [-0.39, 0.29) is 25.6 Å². The summed E-state index contributed by atoms with van der Waals surface area (Å²) >= 11 is 5.87. The maximum atomic E-state index is 14.0. The van der Waals surface area contributed by atoms with Crippen molar-refractivity contribution in [2.75, 3.05) is 13.1 Å². The standard InChI is InChI=1S/C20H19ClF2N2O3/c21-13-4-6-14(7-5-13)28-17-8-9-25(11-12(17)10-18(24)26)20(27)19-15(22)2-1-3-16(19)23/h1-7,12,17H,8-11H2,(H2,24,26)/t12-,17-/m0/s1. The number of likely N-dealkylation sites (tertiary alicyclic amines) is 1. The molecule has 0 spiro atoms. The summed E-state index contributed by atoms with van der Waals surface area (Å²) < 4.78 is 33.9. The molecule has 2 aromatic rings. The van der Waals surface area contributed by atoms with Gasteiger partial charge in [0, 0.05) is 36.9 Å². The summed E-state index contributed by atoms with van der Waals surface area (Å²) in [6, 6.07) is 10.0. The molecule has 2 amide bonds. The zero-order chi connectivity index (χ0) is 20.3. The summed E-state index contributed by atoms with van der Waals surface area (Å²) in [5.41, 5.74) is 4.74. The lowest BCUT2D eigenvalue weighted by Gasteiger charge is -2.38. The van der Waals surface area contributed by atoms with Crippen LogP contribution in [0.25, 0.3) is 0 Å². The first-order chi connectivity index (χ1) is 13.3. The highest BCUT2D eigenvalue weighted by Gasteiger charge is 2.35. The van der Waals surface area contributed by atoms with E-state index in [1.807, 2.05) is 0 Å². The van der Waals surface area contributed by atoms with Crippen molar-refractivity contribution >= 4 is 23.4 Å². The second-order valence-electron chi connectivity index (χ2n) is 6.68. The Morgan fingerprint density at radius 3 is 2.39 bits per heavy atom. The number of hydrogen-bond donors (Lipinski definition) is 1. The average Bonchev–Trinajstić information content (AvgIpc) is 2.64. The number of rotatable bonds is 5. The first kappa shape index (κ1) is 20.1. The number of carbonyl (C=O) groups is 2. The van der Waals surface area contributed by atoms with Gasteiger partial charge in [-0.25, -0.2) is 8.78 Å². The van der Waals surface area contributed by atoms with E-state index in [1.165, 1.54) is 11.0 Å². The first-order valence-electron chi connectivity index (χ1n) is 8.79. The summed E-state index contributed by atoms with van der Waals surface area (Å²) in [7, 11) is 0. The minimum Gasteiger partial charge on any atom is -0.490 e. The minimum atomic E-state index is -0.920. The Balaban J connectivity index is 1.77. The van der Waals surface area contributed by atoms with Crippen LogP contribution >= 0.6 is 11.6 Å². The molecule has 5 nitrogen and oxygen atoms in total. The number of ether oxygens (including phenoxy) is 1. The van der Waals surface area contributed by atoms with Crippen LogP contribution in [0.4, 0.5) is 8.78 Å².